The molecule has 3 unspecified atom stereocenters. The van der Waals surface area contributed by atoms with Crippen molar-refractivity contribution in [2.45, 2.75) is 31.5 Å². The first-order valence-corrected chi connectivity index (χ1v) is 9.51. The number of allylic oxidation sites excluding steroid dienone is 1. The Morgan fingerprint density at radius 2 is 1.93 bits per heavy atom. The summed E-state index contributed by atoms with van der Waals surface area (Å²) in [5, 5.41) is 0.604. The van der Waals surface area contributed by atoms with E-state index in [0.29, 0.717) is 29.9 Å². The van der Waals surface area contributed by atoms with E-state index in [0.717, 1.165) is 11.6 Å². The first kappa shape index (κ1) is 18.7. The standard InChI is InChI=1S/C22H18ClFO4/c23-15-6-4-13(5-7-15)19-12-27-20-11-17(8-9-18(20)21(19)25)28-22(26)14-2-1-3-16(24)10-14/h1-7,10,12,17-18,20H,8-9,11H2. The van der Waals surface area contributed by atoms with E-state index < -0.39 is 11.8 Å². The highest BCUT2D eigenvalue weighted by atomic mass is 35.5. The first-order valence-electron chi connectivity index (χ1n) is 9.13. The van der Waals surface area contributed by atoms with Gasteiger partial charge in [-0.25, -0.2) is 9.18 Å². The molecule has 0 saturated heterocycles. The van der Waals surface area contributed by atoms with Gasteiger partial charge in [0.05, 0.1) is 23.3 Å². The van der Waals surface area contributed by atoms with E-state index in [4.69, 9.17) is 21.1 Å². The minimum atomic E-state index is -0.567. The summed E-state index contributed by atoms with van der Waals surface area (Å²) in [6.07, 6.45) is 2.35. The Labute approximate surface area is 166 Å². The number of halogens is 2. The second-order valence-electron chi connectivity index (χ2n) is 7.03. The third-order valence-electron chi connectivity index (χ3n) is 5.20. The molecule has 1 saturated carbocycles. The Hall–Kier alpha value is -2.66. The normalized spacial score (nSPS) is 24.0. The molecule has 3 atom stereocenters. The fraction of sp³-hybridized carbons (Fsp3) is 0.273. The van der Waals surface area contributed by atoms with Crippen molar-refractivity contribution in [3.05, 3.63) is 76.8 Å². The van der Waals surface area contributed by atoms with Gasteiger partial charge >= 0.3 is 5.97 Å². The van der Waals surface area contributed by atoms with Crippen LogP contribution >= 0.6 is 11.6 Å². The summed E-state index contributed by atoms with van der Waals surface area (Å²) in [7, 11) is 0. The highest BCUT2D eigenvalue weighted by molar-refractivity contribution is 6.30. The molecule has 28 heavy (non-hydrogen) atoms. The lowest BCUT2D eigenvalue weighted by atomic mass is 9.78. The second kappa shape index (κ2) is 7.76. The van der Waals surface area contributed by atoms with Crippen molar-refractivity contribution in [3.8, 4) is 0 Å². The molecule has 4 nitrogen and oxygen atoms in total. The molecule has 0 aromatic heterocycles. The van der Waals surface area contributed by atoms with Gasteiger partial charge < -0.3 is 9.47 Å². The molecule has 0 bridgehead atoms. The van der Waals surface area contributed by atoms with Crippen molar-refractivity contribution in [1.82, 2.24) is 0 Å². The smallest absolute Gasteiger partial charge is 0.338 e. The predicted octanol–water partition coefficient (Wildman–Crippen LogP) is 4.81. The van der Waals surface area contributed by atoms with Crippen LogP contribution < -0.4 is 0 Å². The second-order valence-corrected chi connectivity index (χ2v) is 7.47. The largest absolute Gasteiger partial charge is 0.496 e. The molecule has 0 radical (unpaired) electrons. The number of hydrogen-bond donors (Lipinski definition) is 0. The fourth-order valence-corrected chi connectivity index (χ4v) is 3.86. The van der Waals surface area contributed by atoms with Gasteiger partial charge in [-0.3, -0.25) is 4.79 Å². The number of Topliss-reactive ketones (excluding diaryl/α,β-unsaturated/α-hetero) is 1. The molecular weight excluding hydrogens is 383 g/mol. The number of rotatable bonds is 3. The highest BCUT2D eigenvalue weighted by Gasteiger charge is 2.41. The van der Waals surface area contributed by atoms with Gasteiger partial charge in [-0.15, -0.1) is 0 Å². The van der Waals surface area contributed by atoms with Crippen LogP contribution in [0.1, 0.15) is 35.2 Å². The van der Waals surface area contributed by atoms with Crippen molar-refractivity contribution in [2.24, 2.45) is 5.92 Å². The molecule has 1 fully saturated rings. The van der Waals surface area contributed by atoms with E-state index in [1.165, 1.54) is 24.5 Å². The monoisotopic (exact) mass is 400 g/mol. The van der Waals surface area contributed by atoms with E-state index in [-0.39, 0.29) is 29.5 Å². The summed E-state index contributed by atoms with van der Waals surface area (Å²) in [6, 6.07) is 12.5. The first-order chi connectivity index (χ1) is 13.5. The summed E-state index contributed by atoms with van der Waals surface area (Å²) >= 11 is 5.91. The van der Waals surface area contributed by atoms with Crippen LogP contribution in [0.5, 0.6) is 0 Å². The van der Waals surface area contributed by atoms with Crippen molar-refractivity contribution in [1.29, 1.82) is 0 Å². The van der Waals surface area contributed by atoms with Gasteiger partial charge in [0.25, 0.3) is 0 Å². The number of esters is 1. The lowest BCUT2D eigenvalue weighted by Gasteiger charge is -2.37. The molecule has 1 heterocycles. The van der Waals surface area contributed by atoms with E-state index in [2.05, 4.69) is 0 Å². The van der Waals surface area contributed by atoms with E-state index in [9.17, 15) is 14.0 Å². The third kappa shape index (κ3) is 3.80. The number of ether oxygens (including phenoxy) is 2. The van der Waals surface area contributed by atoms with Crippen LogP contribution in [0.4, 0.5) is 4.39 Å². The summed E-state index contributed by atoms with van der Waals surface area (Å²) < 4.78 is 24.6. The Kier molecular flexibility index (Phi) is 5.18. The van der Waals surface area contributed by atoms with Gasteiger partial charge in [0.1, 0.15) is 18.0 Å². The number of carbonyl (C=O) groups is 2. The molecule has 4 rings (SSSR count). The average molecular weight is 401 g/mol. The fourth-order valence-electron chi connectivity index (χ4n) is 3.74. The SMILES string of the molecule is O=C(OC1CCC2C(=O)C(c3ccc(Cl)cc3)=COC2C1)c1cccc(F)c1. The minimum Gasteiger partial charge on any atom is -0.496 e. The zero-order chi connectivity index (χ0) is 19.7. The van der Waals surface area contributed by atoms with Crippen molar-refractivity contribution in [2.75, 3.05) is 0 Å². The molecule has 2 aromatic rings. The van der Waals surface area contributed by atoms with Crippen LogP contribution in [0.3, 0.4) is 0 Å². The van der Waals surface area contributed by atoms with Crippen LogP contribution in [0.25, 0.3) is 5.57 Å². The van der Waals surface area contributed by atoms with Crippen LogP contribution in [0.15, 0.2) is 54.8 Å². The van der Waals surface area contributed by atoms with Gasteiger partial charge in [-0.2, -0.15) is 0 Å². The number of carbonyl (C=O) groups excluding carboxylic acids is 2. The van der Waals surface area contributed by atoms with E-state index in [1.54, 1.807) is 24.3 Å². The number of hydrogen-bond acceptors (Lipinski definition) is 4. The maximum atomic E-state index is 13.3. The molecule has 1 aliphatic carbocycles. The molecular formula is C22H18ClFO4. The van der Waals surface area contributed by atoms with E-state index >= 15 is 0 Å². The molecule has 2 aromatic carbocycles. The lowest BCUT2D eigenvalue weighted by molar-refractivity contribution is -0.126. The Morgan fingerprint density at radius 3 is 2.68 bits per heavy atom. The summed E-state index contributed by atoms with van der Waals surface area (Å²) in [4.78, 5) is 25.1. The maximum absolute atomic E-state index is 13.3. The molecule has 0 spiro atoms. The molecule has 2 aliphatic rings. The predicted molar refractivity (Wildman–Crippen MR) is 102 cm³/mol. The van der Waals surface area contributed by atoms with Crippen LogP contribution in [-0.2, 0) is 14.3 Å². The number of ketones is 1. The summed E-state index contributed by atoms with van der Waals surface area (Å²) in [5.74, 6) is -1.28. The zero-order valence-corrected chi connectivity index (χ0v) is 15.7. The number of benzene rings is 2. The maximum Gasteiger partial charge on any atom is 0.338 e. The Balaban J connectivity index is 1.43. The van der Waals surface area contributed by atoms with Crippen LogP contribution in [0, 0.1) is 11.7 Å². The molecule has 0 N–H and O–H groups in total. The highest BCUT2D eigenvalue weighted by Crippen LogP contribution is 2.37. The van der Waals surface area contributed by atoms with Crippen molar-refractivity contribution < 1.29 is 23.5 Å². The van der Waals surface area contributed by atoms with E-state index in [1.807, 2.05) is 0 Å². The van der Waals surface area contributed by atoms with Crippen LogP contribution in [0.2, 0.25) is 5.02 Å². The molecule has 144 valence electrons. The molecule has 0 amide bonds. The Morgan fingerprint density at radius 1 is 1.14 bits per heavy atom. The van der Waals surface area contributed by atoms with Crippen molar-refractivity contribution in [3.63, 3.8) is 0 Å². The minimum absolute atomic E-state index is 0.0356. The van der Waals surface area contributed by atoms with Gasteiger partial charge in [-0.1, -0.05) is 29.8 Å². The van der Waals surface area contributed by atoms with Crippen LogP contribution in [-0.4, -0.2) is 24.0 Å². The van der Waals surface area contributed by atoms with Gasteiger partial charge in [0.2, 0.25) is 0 Å². The Bertz CT molecular complexity index is 938. The molecule has 6 heteroatoms. The molecule has 1 aliphatic heterocycles. The summed E-state index contributed by atoms with van der Waals surface area (Å²) in [5.41, 5.74) is 1.48. The average Bonchev–Trinajstić information content (AvgIpc) is 2.69. The van der Waals surface area contributed by atoms with Gasteiger partial charge in [0.15, 0.2) is 5.78 Å². The zero-order valence-electron chi connectivity index (χ0n) is 14.9. The quantitative estimate of drug-likeness (QED) is 0.693. The third-order valence-corrected chi connectivity index (χ3v) is 5.45. The van der Waals surface area contributed by atoms with Gasteiger partial charge in [0, 0.05) is 11.4 Å². The number of fused-ring (bicyclic) bond motifs is 1. The lowest BCUT2D eigenvalue weighted by Crippen LogP contribution is -2.42. The topological polar surface area (TPSA) is 52.6 Å². The van der Waals surface area contributed by atoms with Crippen molar-refractivity contribution >= 4 is 28.9 Å². The summed E-state index contributed by atoms with van der Waals surface area (Å²) in [6.45, 7) is 0. The van der Waals surface area contributed by atoms with Gasteiger partial charge in [-0.05, 0) is 48.7 Å².